The monoisotopic (exact) mass is 451 g/mol. The van der Waals surface area contributed by atoms with Gasteiger partial charge in [-0.1, -0.05) is 41.7 Å². The first-order valence-electron chi connectivity index (χ1n) is 7.28. The number of carbonyl (C=O) groups is 3. The van der Waals surface area contributed by atoms with Crippen molar-refractivity contribution in [2.24, 2.45) is 5.92 Å². The zero-order valence-corrected chi connectivity index (χ0v) is 17.1. The van der Waals surface area contributed by atoms with Crippen LogP contribution in [0.2, 0.25) is 0 Å². The van der Waals surface area contributed by atoms with Gasteiger partial charge in [0.15, 0.2) is 8.92 Å². The molecular formula is C13H16Cl3NO6S2. The number of alkyl halides is 3. The topological polar surface area (TPSA) is 93.1 Å². The number of thioether (sulfide) groups is 2. The number of rotatable bonds is 7. The second kappa shape index (κ2) is 8.21. The summed E-state index contributed by atoms with van der Waals surface area (Å²) in [6, 6.07) is 0. The van der Waals surface area contributed by atoms with Gasteiger partial charge in [0.25, 0.3) is 0 Å². The lowest BCUT2D eigenvalue weighted by molar-refractivity contribution is -0.156. The first-order chi connectivity index (χ1) is 11.6. The molecule has 7 nitrogen and oxygen atoms in total. The van der Waals surface area contributed by atoms with Crippen LogP contribution in [-0.2, 0) is 19.1 Å². The number of carboxylic acid groups (broad SMARTS) is 1. The Hall–Kier alpha value is -0.220. The number of β-lactam (4-membered cyclic amide) rings is 1. The number of carboxylic acids is 1. The molecule has 5 atom stereocenters. The van der Waals surface area contributed by atoms with Crippen molar-refractivity contribution in [1.82, 2.24) is 4.90 Å². The molecule has 0 saturated carbocycles. The van der Waals surface area contributed by atoms with Crippen molar-refractivity contribution >= 4 is 76.4 Å². The summed E-state index contributed by atoms with van der Waals surface area (Å²) in [5.41, 5.74) is -1.28. The number of ether oxygens (including phenoxy) is 2. The van der Waals surface area contributed by atoms with E-state index < -0.39 is 38.6 Å². The van der Waals surface area contributed by atoms with Gasteiger partial charge in [0.2, 0.25) is 11.5 Å². The molecule has 2 aliphatic rings. The lowest BCUT2D eigenvalue weighted by Crippen LogP contribution is -2.61. The largest absolute Gasteiger partial charge is 0.510 e. The van der Waals surface area contributed by atoms with E-state index in [2.05, 4.69) is 4.74 Å². The molecule has 0 aromatic heterocycles. The number of hydrogen-bond acceptors (Lipinski definition) is 7. The maximum Gasteiger partial charge on any atom is 0.510 e. The van der Waals surface area contributed by atoms with E-state index >= 15 is 0 Å². The summed E-state index contributed by atoms with van der Waals surface area (Å²) in [6.07, 6.45) is -1.90. The Morgan fingerprint density at radius 3 is 2.60 bits per heavy atom. The summed E-state index contributed by atoms with van der Waals surface area (Å²) in [5.74, 6) is -1.27. The number of halogens is 3. The fraction of sp³-hybridized carbons (Fsp3) is 0.769. The van der Waals surface area contributed by atoms with E-state index in [0.29, 0.717) is 5.75 Å². The molecule has 2 rings (SSSR count). The molecule has 25 heavy (non-hydrogen) atoms. The zero-order chi connectivity index (χ0) is 18.9. The lowest BCUT2D eigenvalue weighted by Gasteiger charge is -2.43. The standard InChI is InChI=1S/C13H16Cl3NO6S2/c1-3-24-13(11(19)20)4-17-9(18)6(10(17)25-13)5(2)22-12(21)23-8(16)7(14)15/h5-8,10H,3-4H2,1-2H3,(H,19,20)/t5?,6-,8?,10+,13?/m0/s1. The maximum atomic E-state index is 12.3. The molecule has 3 unspecified atom stereocenters. The molecule has 2 saturated heterocycles. The van der Waals surface area contributed by atoms with Gasteiger partial charge in [0, 0.05) is 0 Å². The van der Waals surface area contributed by atoms with Crippen molar-refractivity contribution in [1.29, 1.82) is 0 Å². The lowest BCUT2D eigenvalue weighted by atomic mass is 9.92. The minimum atomic E-state index is -1.28. The molecule has 0 bridgehead atoms. The molecule has 12 heteroatoms. The van der Waals surface area contributed by atoms with Crippen LogP contribution in [0.15, 0.2) is 0 Å². The molecule has 0 radical (unpaired) electrons. The second-order valence-corrected chi connectivity index (χ2v) is 10.2. The highest BCUT2D eigenvalue weighted by Gasteiger charge is 2.63. The summed E-state index contributed by atoms with van der Waals surface area (Å²) >= 11 is 19.0. The minimum Gasteiger partial charge on any atom is -0.480 e. The second-order valence-electron chi connectivity index (χ2n) is 5.37. The fourth-order valence-electron chi connectivity index (χ4n) is 2.63. The number of nitrogens with zero attached hydrogens (tertiary/aromatic N) is 1. The van der Waals surface area contributed by atoms with E-state index in [0.717, 1.165) is 0 Å². The van der Waals surface area contributed by atoms with Gasteiger partial charge < -0.3 is 19.5 Å². The Morgan fingerprint density at radius 1 is 1.44 bits per heavy atom. The van der Waals surface area contributed by atoms with Crippen LogP contribution < -0.4 is 0 Å². The number of amides is 1. The van der Waals surface area contributed by atoms with Crippen molar-refractivity contribution in [3.05, 3.63) is 0 Å². The first-order valence-corrected chi connectivity index (χ1v) is 10.5. The van der Waals surface area contributed by atoms with Crippen molar-refractivity contribution in [3.63, 3.8) is 0 Å². The number of hydrogen-bond donors (Lipinski definition) is 1. The van der Waals surface area contributed by atoms with Crippen LogP contribution in [0.25, 0.3) is 0 Å². The third kappa shape index (κ3) is 4.21. The van der Waals surface area contributed by atoms with Crippen molar-refractivity contribution in [2.75, 3.05) is 12.3 Å². The molecule has 2 fully saturated rings. The predicted molar refractivity (Wildman–Crippen MR) is 97.2 cm³/mol. The normalized spacial score (nSPS) is 30.5. The van der Waals surface area contributed by atoms with E-state index in [4.69, 9.17) is 39.5 Å². The van der Waals surface area contributed by atoms with Crippen LogP contribution in [0.4, 0.5) is 4.79 Å². The smallest absolute Gasteiger partial charge is 0.480 e. The van der Waals surface area contributed by atoms with Gasteiger partial charge in [-0.15, -0.1) is 23.5 Å². The Kier molecular flexibility index (Phi) is 6.92. The quantitative estimate of drug-likeness (QED) is 0.358. The summed E-state index contributed by atoms with van der Waals surface area (Å²) in [4.78, 5) is 36.0. The van der Waals surface area contributed by atoms with Gasteiger partial charge >= 0.3 is 12.1 Å². The van der Waals surface area contributed by atoms with Crippen molar-refractivity contribution < 1.29 is 29.0 Å². The highest BCUT2D eigenvalue weighted by atomic mass is 35.5. The Labute approximate surface area is 168 Å². The van der Waals surface area contributed by atoms with Gasteiger partial charge in [-0.05, 0) is 12.7 Å². The Morgan fingerprint density at radius 2 is 2.08 bits per heavy atom. The zero-order valence-electron chi connectivity index (χ0n) is 13.2. The molecule has 1 amide bonds. The third-order valence-electron chi connectivity index (χ3n) is 3.77. The van der Waals surface area contributed by atoms with Gasteiger partial charge in [-0.25, -0.2) is 9.59 Å². The van der Waals surface area contributed by atoms with Crippen molar-refractivity contribution in [2.45, 2.75) is 39.8 Å². The van der Waals surface area contributed by atoms with E-state index in [9.17, 15) is 19.5 Å². The van der Waals surface area contributed by atoms with Gasteiger partial charge in [0.05, 0.1) is 11.9 Å². The molecule has 0 spiro atoms. The van der Waals surface area contributed by atoms with Crippen LogP contribution >= 0.6 is 58.3 Å². The average Bonchev–Trinajstić information content (AvgIpc) is 2.83. The molecule has 0 aromatic carbocycles. The van der Waals surface area contributed by atoms with E-state index in [-0.39, 0.29) is 17.8 Å². The highest BCUT2D eigenvalue weighted by molar-refractivity contribution is 8.19. The Bertz CT molecular complexity index is 568. The predicted octanol–water partition coefficient (Wildman–Crippen LogP) is 2.96. The highest BCUT2D eigenvalue weighted by Crippen LogP contribution is 2.55. The van der Waals surface area contributed by atoms with Gasteiger partial charge in [-0.3, -0.25) is 4.79 Å². The molecule has 0 aliphatic carbocycles. The summed E-state index contributed by atoms with van der Waals surface area (Å²) in [5, 5.41) is 9.17. The maximum absolute atomic E-state index is 12.3. The van der Waals surface area contributed by atoms with Crippen LogP contribution in [-0.4, -0.2) is 66.3 Å². The molecular weight excluding hydrogens is 437 g/mol. The van der Waals surface area contributed by atoms with E-state index in [1.165, 1.54) is 35.3 Å². The molecule has 142 valence electrons. The van der Waals surface area contributed by atoms with Crippen LogP contribution in [0.1, 0.15) is 13.8 Å². The van der Waals surface area contributed by atoms with E-state index in [1.807, 2.05) is 6.92 Å². The van der Waals surface area contributed by atoms with Crippen LogP contribution in [0.5, 0.6) is 0 Å². The molecule has 2 aliphatic heterocycles. The fourth-order valence-corrected chi connectivity index (χ4v) is 6.05. The summed E-state index contributed by atoms with van der Waals surface area (Å²) in [6.45, 7) is 3.51. The summed E-state index contributed by atoms with van der Waals surface area (Å²) < 4.78 is 8.64. The van der Waals surface area contributed by atoms with Gasteiger partial charge in [-0.2, -0.15) is 0 Å². The number of aliphatic carboxylic acids is 1. The third-order valence-corrected chi connectivity index (χ3v) is 8.00. The van der Waals surface area contributed by atoms with Crippen molar-refractivity contribution in [3.8, 4) is 0 Å². The minimum absolute atomic E-state index is 0.118. The Balaban J connectivity index is 1.99. The average molecular weight is 453 g/mol. The molecule has 1 N–H and O–H groups in total. The molecule has 0 aromatic rings. The first kappa shape index (κ1) is 21.1. The van der Waals surface area contributed by atoms with E-state index in [1.54, 1.807) is 0 Å². The van der Waals surface area contributed by atoms with Crippen LogP contribution in [0, 0.1) is 5.92 Å². The number of fused-ring (bicyclic) bond motifs is 1. The SMILES string of the molecule is CCSC1(C(=O)O)CN2C(=O)[C@H](C(C)OC(=O)OC(Cl)C(Cl)Cl)[C@H]2S1. The van der Waals surface area contributed by atoms with Gasteiger partial charge in [0.1, 0.15) is 12.0 Å². The van der Waals surface area contributed by atoms with Crippen LogP contribution in [0.3, 0.4) is 0 Å². The number of carbonyl (C=O) groups excluding carboxylic acids is 2. The molecule has 2 heterocycles. The summed E-state index contributed by atoms with van der Waals surface area (Å²) in [7, 11) is 0.